The van der Waals surface area contributed by atoms with Crippen molar-refractivity contribution >= 4 is 27.5 Å². The van der Waals surface area contributed by atoms with Gasteiger partial charge in [0.25, 0.3) is 5.91 Å². The molecule has 5 rings (SSSR count). The van der Waals surface area contributed by atoms with Gasteiger partial charge in [0.2, 0.25) is 0 Å². The van der Waals surface area contributed by atoms with Gasteiger partial charge in [-0.25, -0.2) is 0 Å². The van der Waals surface area contributed by atoms with E-state index in [0.717, 1.165) is 24.2 Å². The van der Waals surface area contributed by atoms with E-state index in [1.807, 2.05) is 11.0 Å². The number of benzene rings is 2. The van der Waals surface area contributed by atoms with Gasteiger partial charge in [-0.15, -0.1) is 11.3 Å². The Morgan fingerprint density at radius 2 is 1.75 bits per heavy atom. The fraction of sp³-hybridized carbons (Fsp3) is 0.208. The standard InChI is InChI=1S/C24H22N2OS/c1-17(18-7-3-2-4-8-18)26-21-12-14-28-23(21)15-22(26)24(27)25-13-11-19-9-5-6-10-20(19)16-25/h2-10,12,14-15,17H,11,13,16H2,1H3/t17-/m0/s1. The number of amides is 1. The third-order valence-electron chi connectivity index (χ3n) is 5.77. The number of rotatable bonds is 3. The van der Waals surface area contributed by atoms with Crippen LogP contribution < -0.4 is 0 Å². The second-order valence-corrected chi connectivity index (χ2v) is 8.35. The lowest BCUT2D eigenvalue weighted by molar-refractivity contribution is 0.0723. The van der Waals surface area contributed by atoms with Gasteiger partial charge in [-0.1, -0.05) is 54.6 Å². The van der Waals surface area contributed by atoms with Crippen molar-refractivity contribution in [3.8, 4) is 0 Å². The molecule has 0 saturated heterocycles. The van der Waals surface area contributed by atoms with Crippen molar-refractivity contribution < 1.29 is 4.79 Å². The van der Waals surface area contributed by atoms with Crippen LogP contribution in [0.2, 0.25) is 0 Å². The molecule has 4 heteroatoms. The Morgan fingerprint density at radius 1 is 1.00 bits per heavy atom. The highest BCUT2D eigenvalue weighted by Gasteiger charge is 2.27. The van der Waals surface area contributed by atoms with Crippen LogP contribution in [0.4, 0.5) is 0 Å². The van der Waals surface area contributed by atoms with Gasteiger partial charge < -0.3 is 9.47 Å². The number of carbonyl (C=O) groups excluding carboxylic acids is 1. The topological polar surface area (TPSA) is 25.2 Å². The highest BCUT2D eigenvalue weighted by molar-refractivity contribution is 7.17. The molecule has 3 nitrogen and oxygen atoms in total. The van der Waals surface area contributed by atoms with E-state index in [4.69, 9.17) is 0 Å². The molecule has 0 unspecified atom stereocenters. The highest BCUT2D eigenvalue weighted by atomic mass is 32.1. The summed E-state index contributed by atoms with van der Waals surface area (Å²) < 4.78 is 3.38. The van der Waals surface area contributed by atoms with Gasteiger partial charge >= 0.3 is 0 Å². The molecule has 0 N–H and O–H groups in total. The summed E-state index contributed by atoms with van der Waals surface area (Å²) in [5, 5.41) is 2.10. The number of thiophene rings is 1. The monoisotopic (exact) mass is 386 g/mol. The minimum atomic E-state index is 0.101. The Hall–Kier alpha value is -2.85. The molecule has 1 amide bonds. The normalized spacial score (nSPS) is 14.8. The van der Waals surface area contributed by atoms with Gasteiger partial charge in [0.05, 0.1) is 16.3 Å². The lowest BCUT2D eigenvalue weighted by Crippen LogP contribution is -2.37. The summed E-state index contributed by atoms with van der Waals surface area (Å²) in [5.41, 5.74) is 5.77. The number of nitrogens with zero attached hydrogens (tertiary/aromatic N) is 2. The first-order valence-corrected chi connectivity index (χ1v) is 10.6. The molecule has 0 spiro atoms. The third-order valence-corrected chi connectivity index (χ3v) is 6.62. The molecule has 1 aliphatic heterocycles. The van der Waals surface area contributed by atoms with Crippen LogP contribution in [0.5, 0.6) is 0 Å². The molecule has 0 saturated carbocycles. The first-order chi connectivity index (χ1) is 13.7. The molecule has 1 atom stereocenters. The molecule has 140 valence electrons. The van der Waals surface area contributed by atoms with Gasteiger partial charge in [0, 0.05) is 13.1 Å². The maximum atomic E-state index is 13.5. The summed E-state index contributed by atoms with van der Waals surface area (Å²) in [4.78, 5) is 15.5. The maximum absolute atomic E-state index is 13.5. The Labute approximate surface area is 168 Å². The maximum Gasteiger partial charge on any atom is 0.270 e. The lowest BCUT2D eigenvalue weighted by Gasteiger charge is -2.30. The van der Waals surface area contributed by atoms with Crippen LogP contribution in [0.15, 0.2) is 72.1 Å². The van der Waals surface area contributed by atoms with Crippen molar-refractivity contribution in [3.05, 3.63) is 94.5 Å². The van der Waals surface area contributed by atoms with Crippen molar-refractivity contribution in [2.45, 2.75) is 25.9 Å². The zero-order valence-electron chi connectivity index (χ0n) is 15.8. The Kier molecular flexibility index (Phi) is 4.29. The zero-order chi connectivity index (χ0) is 19.1. The number of carbonyl (C=O) groups is 1. The summed E-state index contributed by atoms with van der Waals surface area (Å²) in [6.45, 7) is 3.64. The van der Waals surface area contributed by atoms with E-state index in [2.05, 4.69) is 77.5 Å². The van der Waals surface area contributed by atoms with E-state index in [9.17, 15) is 4.79 Å². The molecule has 4 aromatic rings. The van der Waals surface area contributed by atoms with Crippen LogP contribution in [-0.4, -0.2) is 21.9 Å². The van der Waals surface area contributed by atoms with Crippen molar-refractivity contribution in [3.63, 3.8) is 0 Å². The molecular weight excluding hydrogens is 364 g/mol. The molecule has 0 aliphatic carbocycles. The molecule has 3 heterocycles. The predicted octanol–water partition coefficient (Wildman–Crippen LogP) is 5.51. The molecule has 28 heavy (non-hydrogen) atoms. The lowest BCUT2D eigenvalue weighted by atomic mass is 10.00. The predicted molar refractivity (Wildman–Crippen MR) is 115 cm³/mol. The van der Waals surface area contributed by atoms with Crippen LogP contribution in [-0.2, 0) is 13.0 Å². The second kappa shape index (κ2) is 6.95. The summed E-state index contributed by atoms with van der Waals surface area (Å²) >= 11 is 1.70. The summed E-state index contributed by atoms with van der Waals surface area (Å²) in [5.74, 6) is 0.126. The van der Waals surface area contributed by atoms with Crippen LogP contribution >= 0.6 is 11.3 Å². The van der Waals surface area contributed by atoms with E-state index in [1.165, 1.54) is 21.4 Å². The van der Waals surface area contributed by atoms with Gasteiger partial charge in [-0.2, -0.15) is 0 Å². The quantitative estimate of drug-likeness (QED) is 0.456. The fourth-order valence-corrected chi connectivity index (χ4v) is 5.05. The second-order valence-electron chi connectivity index (χ2n) is 7.40. The van der Waals surface area contributed by atoms with Crippen LogP contribution in [0.1, 0.15) is 40.1 Å². The molecular formula is C24H22N2OS. The number of aromatic nitrogens is 1. The van der Waals surface area contributed by atoms with Gasteiger partial charge in [-0.05, 0) is 47.5 Å². The average Bonchev–Trinajstić information content (AvgIpc) is 3.34. The van der Waals surface area contributed by atoms with Gasteiger partial charge in [0.1, 0.15) is 5.69 Å². The Bertz CT molecular complexity index is 1140. The SMILES string of the molecule is C[C@@H](c1ccccc1)n1c(C(=O)N2CCc3ccccc3C2)cc2sccc21. The van der Waals surface area contributed by atoms with Crippen molar-refractivity contribution in [1.82, 2.24) is 9.47 Å². The Balaban J connectivity index is 1.54. The number of fused-ring (bicyclic) bond motifs is 2. The molecule has 0 fully saturated rings. The number of hydrogen-bond donors (Lipinski definition) is 0. The van der Waals surface area contributed by atoms with Crippen LogP contribution in [0, 0.1) is 0 Å². The summed E-state index contributed by atoms with van der Waals surface area (Å²) in [6, 6.07) is 23.2. The van der Waals surface area contributed by atoms with E-state index >= 15 is 0 Å². The molecule has 0 bridgehead atoms. The largest absolute Gasteiger partial charge is 0.333 e. The first kappa shape index (κ1) is 17.3. The van der Waals surface area contributed by atoms with E-state index in [1.54, 1.807) is 11.3 Å². The van der Waals surface area contributed by atoms with E-state index < -0.39 is 0 Å². The molecule has 2 aromatic carbocycles. The molecule has 2 aromatic heterocycles. The fourth-order valence-electron chi connectivity index (χ4n) is 4.24. The van der Waals surface area contributed by atoms with Crippen LogP contribution in [0.3, 0.4) is 0 Å². The van der Waals surface area contributed by atoms with Gasteiger partial charge in [-0.3, -0.25) is 4.79 Å². The van der Waals surface area contributed by atoms with E-state index in [0.29, 0.717) is 6.54 Å². The third kappa shape index (κ3) is 2.85. The number of hydrogen-bond acceptors (Lipinski definition) is 2. The molecule has 1 aliphatic rings. The summed E-state index contributed by atoms with van der Waals surface area (Å²) in [7, 11) is 0. The molecule has 0 radical (unpaired) electrons. The van der Waals surface area contributed by atoms with Crippen LogP contribution in [0.25, 0.3) is 10.2 Å². The van der Waals surface area contributed by atoms with Crippen molar-refractivity contribution in [2.75, 3.05) is 6.54 Å². The first-order valence-electron chi connectivity index (χ1n) is 9.72. The smallest absolute Gasteiger partial charge is 0.270 e. The Morgan fingerprint density at radius 3 is 2.57 bits per heavy atom. The minimum Gasteiger partial charge on any atom is -0.333 e. The van der Waals surface area contributed by atoms with E-state index in [-0.39, 0.29) is 11.9 Å². The van der Waals surface area contributed by atoms with Crippen molar-refractivity contribution in [1.29, 1.82) is 0 Å². The highest BCUT2D eigenvalue weighted by Crippen LogP contribution is 2.32. The zero-order valence-corrected chi connectivity index (χ0v) is 16.7. The summed E-state index contributed by atoms with van der Waals surface area (Å²) in [6.07, 6.45) is 0.922. The van der Waals surface area contributed by atoms with Crippen molar-refractivity contribution in [2.24, 2.45) is 0 Å². The average molecular weight is 387 g/mol. The van der Waals surface area contributed by atoms with Gasteiger partial charge in [0.15, 0.2) is 0 Å². The minimum absolute atomic E-state index is 0.101.